The van der Waals surface area contributed by atoms with E-state index in [1.54, 1.807) is 0 Å². The molecule has 0 bridgehead atoms. The third-order valence-corrected chi connectivity index (χ3v) is 2.75. The van der Waals surface area contributed by atoms with Gasteiger partial charge in [0.05, 0.1) is 6.61 Å². The van der Waals surface area contributed by atoms with Crippen molar-refractivity contribution in [2.75, 3.05) is 6.61 Å². The second-order valence-electron chi connectivity index (χ2n) is 5.88. The second kappa shape index (κ2) is 6.39. The fourth-order valence-corrected chi connectivity index (χ4v) is 1.89. The molecule has 0 amide bonds. The zero-order chi connectivity index (χ0) is 14.6. The van der Waals surface area contributed by atoms with E-state index < -0.39 is 17.5 Å². The Hall–Kier alpha value is -1.07. The number of hydrogen-bond donors (Lipinski definition) is 2. The average Bonchev–Trinajstić information content (AvgIpc) is 2.28. The van der Waals surface area contributed by atoms with Gasteiger partial charge in [-0.1, -0.05) is 20.8 Å². The van der Waals surface area contributed by atoms with Crippen molar-refractivity contribution in [3.8, 4) is 0 Å². The van der Waals surface area contributed by atoms with Gasteiger partial charge in [-0.15, -0.1) is 0 Å². The summed E-state index contributed by atoms with van der Waals surface area (Å²) < 4.78 is 39.2. The lowest BCUT2D eigenvalue weighted by atomic mass is 9.88. The van der Waals surface area contributed by atoms with Gasteiger partial charge in [-0.05, 0) is 17.9 Å². The number of hydrogen-bond acceptors (Lipinski definition) is 2. The number of nitrogens with one attached hydrogen (secondary N) is 1. The summed E-state index contributed by atoms with van der Waals surface area (Å²) in [6.07, 6.45) is 0.689. The fourth-order valence-electron chi connectivity index (χ4n) is 1.89. The van der Waals surface area contributed by atoms with E-state index in [9.17, 15) is 18.3 Å². The molecular formula is C14H20F3NO. The van der Waals surface area contributed by atoms with Crippen LogP contribution in [0.1, 0.15) is 32.8 Å². The highest BCUT2D eigenvalue weighted by atomic mass is 19.2. The molecular weight excluding hydrogens is 255 g/mol. The van der Waals surface area contributed by atoms with E-state index in [1.165, 1.54) is 0 Å². The van der Waals surface area contributed by atoms with E-state index >= 15 is 0 Å². The zero-order valence-corrected chi connectivity index (χ0v) is 11.4. The van der Waals surface area contributed by atoms with Gasteiger partial charge in [0, 0.05) is 24.2 Å². The molecule has 0 aromatic heterocycles. The lowest BCUT2D eigenvalue weighted by Crippen LogP contribution is -2.35. The van der Waals surface area contributed by atoms with Crippen LogP contribution in [0.2, 0.25) is 0 Å². The summed E-state index contributed by atoms with van der Waals surface area (Å²) in [5.41, 5.74) is 0.0544. The molecule has 1 unspecified atom stereocenters. The van der Waals surface area contributed by atoms with Crippen LogP contribution in [0.25, 0.3) is 0 Å². The topological polar surface area (TPSA) is 32.3 Å². The van der Waals surface area contributed by atoms with Crippen LogP contribution in [0.4, 0.5) is 13.2 Å². The molecule has 1 aromatic rings. The normalized spacial score (nSPS) is 13.6. The minimum absolute atomic E-state index is 0.00693. The molecule has 0 aliphatic heterocycles. The van der Waals surface area contributed by atoms with Crippen LogP contribution in [0.3, 0.4) is 0 Å². The summed E-state index contributed by atoms with van der Waals surface area (Å²) in [5.74, 6) is -3.07. The highest BCUT2D eigenvalue weighted by molar-refractivity contribution is 5.20. The Morgan fingerprint density at radius 2 is 1.68 bits per heavy atom. The van der Waals surface area contributed by atoms with Crippen molar-refractivity contribution in [2.45, 2.75) is 39.8 Å². The van der Waals surface area contributed by atoms with Gasteiger partial charge in [-0.3, -0.25) is 0 Å². The van der Waals surface area contributed by atoms with E-state index in [0.717, 1.165) is 6.07 Å². The number of aliphatic hydroxyl groups excluding tert-OH is 1. The van der Waals surface area contributed by atoms with Crippen LogP contribution in [0.5, 0.6) is 0 Å². The van der Waals surface area contributed by atoms with E-state index in [0.29, 0.717) is 12.5 Å². The molecule has 0 radical (unpaired) electrons. The monoisotopic (exact) mass is 275 g/mol. The standard InChI is InChI=1S/C14H20F3NO/c1-14(2,3)6-10(8-19)18-7-9-4-12(16)13(17)5-11(9)15/h4-5,10,18-19H,6-8H2,1-3H3. The highest BCUT2D eigenvalue weighted by Gasteiger charge is 2.18. The number of halogens is 3. The van der Waals surface area contributed by atoms with Crippen LogP contribution in [0, 0.1) is 22.9 Å². The van der Waals surface area contributed by atoms with Crippen molar-refractivity contribution >= 4 is 0 Å². The minimum atomic E-state index is -1.20. The van der Waals surface area contributed by atoms with Crippen molar-refractivity contribution in [3.63, 3.8) is 0 Å². The number of aliphatic hydroxyl groups is 1. The van der Waals surface area contributed by atoms with E-state index in [-0.39, 0.29) is 30.2 Å². The first-order valence-corrected chi connectivity index (χ1v) is 6.20. The van der Waals surface area contributed by atoms with E-state index in [1.807, 2.05) is 20.8 Å². The van der Waals surface area contributed by atoms with E-state index in [2.05, 4.69) is 5.32 Å². The molecule has 0 heterocycles. The Bertz CT molecular complexity index is 429. The summed E-state index contributed by atoms with van der Waals surface area (Å²) in [6, 6.07) is 1.15. The van der Waals surface area contributed by atoms with Crippen molar-refractivity contribution in [2.24, 2.45) is 5.41 Å². The lowest BCUT2D eigenvalue weighted by Gasteiger charge is -2.25. The first-order valence-electron chi connectivity index (χ1n) is 6.20. The Morgan fingerprint density at radius 1 is 1.11 bits per heavy atom. The molecule has 19 heavy (non-hydrogen) atoms. The molecule has 0 aliphatic carbocycles. The van der Waals surface area contributed by atoms with Crippen LogP contribution >= 0.6 is 0 Å². The molecule has 0 saturated carbocycles. The van der Waals surface area contributed by atoms with Gasteiger partial charge in [0.25, 0.3) is 0 Å². The molecule has 1 rings (SSSR count). The molecule has 1 atom stereocenters. The molecule has 0 saturated heterocycles. The van der Waals surface area contributed by atoms with Crippen molar-refractivity contribution in [3.05, 3.63) is 35.1 Å². The van der Waals surface area contributed by atoms with Crippen LogP contribution in [-0.2, 0) is 6.54 Å². The molecule has 5 heteroatoms. The summed E-state index contributed by atoms with van der Waals surface area (Å²) in [5, 5.41) is 12.2. The Balaban J connectivity index is 2.67. The highest BCUT2D eigenvalue weighted by Crippen LogP contribution is 2.21. The smallest absolute Gasteiger partial charge is 0.161 e. The number of benzene rings is 1. The van der Waals surface area contributed by atoms with Gasteiger partial charge in [0.15, 0.2) is 11.6 Å². The molecule has 108 valence electrons. The van der Waals surface area contributed by atoms with Crippen molar-refractivity contribution < 1.29 is 18.3 Å². The predicted molar refractivity (Wildman–Crippen MR) is 68.1 cm³/mol. The van der Waals surface area contributed by atoms with Gasteiger partial charge < -0.3 is 10.4 Å². The van der Waals surface area contributed by atoms with Crippen LogP contribution in [-0.4, -0.2) is 17.8 Å². The van der Waals surface area contributed by atoms with Crippen LogP contribution < -0.4 is 5.32 Å². The first kappa shape index (κ1) is 16.0. The maximum Gasteiger partial charge on any atom is 0.161 e. The molecule has 2 nitrogen and oxygen atoms in total. The van der Waals surface area contributed by atoms with Gasteiger partial charge in [-0.2, -0.15) is 0 Å². The van der Waals surface area contributed by atoms with Crippen LogP contribution in [0.15, 0.2) is 12.1 Å². The number of rotatable bonds is 5. The maximum atomic E-state index is 13.4. The summed E-state index contributed by atoms with van der Waals surface area (Å²) in [6.45, 7) is 6.02. The van der Waals surface area contributed by atoms with Gasteiger partial charge in [-0.25, -0.2) is 13.2 Å². The Labute approximate surface area is 111 Å². The quantitative estimate of drug-likeness (QED) is 0.810. The maximum absolute atomic E-state index is 13.4. The van der Waals surface area contributed by atoms with Crippen molar-refractivity contribution in [1.82, 2.24) is 5.32 Å². The van der Waals surface area contributed by atoms with Gasteiger partial charge in [0.2, 0.25) is 0 Å². The van der Waals surface area contributed by atoms with Gasteiger partial charge in [0.1, 0.15) is 5.82 Å². The fraction of sp³-hybridized carbons (Fsp3) is 0.571. The molecule has 0 spiro atoms. The minimum Gasteiger partial charge on any atom is -0.395 e. The summed E-state index contributed by atoms with van der Waals surface area (Å²) >= 11 is 0. The molecule has 2 N–H and O–H groups in total. The van der Waals surface area contributed by atoms with E-state index in [4.69, 9.17) is 0 Å². The lowest BCUT2D eigenvalue weighted by molar-refractivity contribution is 0.197. The SMILES string of the molecule is CC(C)(C)CC(CO)NCc1cc(F)c(F)cc1F. The first-order chi connectivity index (χ1) is 8.73. The average molecular weight is 275 g/mol. The predicted octanol–water partition coefficient (Wildman–Crippen LogP) is 2.99. The third kappa shape index (κ3) is 5.20. The molecule has 0 aliphatic rings. The van der Waals surface area contributed by atoms with Crippen molar-refractivity contribution in [1.29, 1.82) is 0 Å². The second-order valence-corrected chi connectivity index (χ2v) is 5.88. The third-order valence-electron chi connectivity index (χ3n) is 2.75. The molecule has 1 aromatic carbocycles. The largest absolute Gasteiger partial charge is 0.395 e. The summed E-state index contributed by atoms with van der Waals surface area (Å²) in [4.78, 5) is 0. The Kier molecular flexibility index (Phi) is 5.38. The Morgan fingerprint density at radius 3 is 2.21 bits per heavy atom. The zero-order valence-electron chi connectivity index (χ0n) is 11.4. The molecule has 0 fully saturated rings. The van der Waals surface area contributed by atoms with Gasteiger partial charge >= 0.3 is 0 Å². The summed E-state index contributed by atoms with van der Waals surface area (Å²) in [7, 11) is 0.